The van der Waals surface area contributed by atoms with Gasteiger partial charge in [0, 0.05) is 26.3 Å². The third-order valence-corrected chi connectivity index (χ3v) is 6.52. The van der Waals surface area contributed by atoms with Crippen LogP contribution >= 0.6 is 11.3 Å². The molecule has 0 spiro atoms. The van der Waals surface area contributed by atoms with Crippen LogP contribution in [0.5, 0.6) is 0 Å². The van der Waals surface area contributed by atoms with Gasteiger partial charge in [-0.05, 0) is 43.9 Å². The fourth-order valence-electron chi connectivity index (χ4n) is 4.28. The lowest BCUT2D eigenvalue weighted by Crippen LogP contribution is -2.53. The standard InChI is InChI=1S/C18H22N2O3S/c1-22-13-5-6-18(23-2)7-8-20(16(18)10-13)17(21)12-3-4-15-14(9-12)19-11-24-15/h3-4,9,11,13,16H,5-8,10H2,1-2H3/t13-,16-,18+/m0/s1. The van der Waals surface area contributed by atoms with Crippen molar-refractivity contribution in [2.24, 2.45) is 0 Å². The second-order valence-corrected chi connectivity index (χ2v) is 7.59. The van der Waals surface area contributed by atoms with E-state index in [-0.39, 0.29) is 23.7 Å². The molecule has 24 heavy (non-hydrogen) atoms. The molecule has 1 saturated heterocycles. The maximum atomic E-state index is 13.1. The van der Waals surface area contributed by atoms with Crippen LogP contribution in [0.1, 0.15) is 36.0 Å². The van der Waals surface area contributed by atoms with Crippen LogP contribution in [0.3, 0.4) is 0 Å². The van der Waals surface area contributed by atoms with Crippen LogP contribution in [0.2, 0.25) is 0 Å². The molecular weight excluding hydrogens is 324 g/mol. The number of carbonyl (C=O) groups is 1. The number of hydrogen-bond acceptors (Lipinski definition) is 5. The summed E-state index contributed by atoms with van der Waals surface area (Å²) in [7, 11) is 3.52. The molecule has 1 saturated carbocycles. The van der Waals surface area contributed by atoms with Crippen LogP contribution in [0.15, 0.2) is 23.7 Å². The average molecular weight is 346 g/mol. The van der Waals surface area contributed by atoms with Gasteiger partial charge in [0.2, 0.25) is 0 Å². The van der Waals surface area contributed by atoms with Crippen molar-refractivity contribution in [2.45, 2.75) is 43.4 Å². The predicted octanol–water partition coefficient (Wildman–Crippen LogP) is 3.09. The van der Waals surface area contributed by atoms with E-state index < -0.39 is 0 Å². The normalized spacial score (nSPS) is 29.8. The molecule has 1 aliphatic heterocycles. The van der Waals surface area contributed by atoms with Crippen LogP contribution in [0, 0.1) is 0 Å². The second-order valence-electron chi connectivity index (χ2n) is 6.70. The number of amides is 1. The number of benzene rings is 1. The molecule has 2 heterocycles. The Balaban J connectivity index is 1.63. The molecule has 4 rings (SSSR count). The molecule has 0 unspecified atom stereocenters. The number of hydrogen-bond donors (Lipinski definition) is 0. The number of ether oxygens (including phenoxy) is 2. The summed E-state index contributed by atoms with van der Waals surface area (Å²) >= 11 is 1.59. The van der Waals surface area contributed by atoms with E-state index in [0.717, 1.165) is 42.4 Å². The van der Waals surface area contributed by atoms with Gasteiger partial charge in [-0.1, -0.05) is 0 Å². The molecule has 2 fully saturated rings. The molecule has 0 bridgehead atoms. The molecule has 3 atom stereocenters. The lowest BCUT2D eigenvalue weighted by Gasteiger charge is -2.43. The van der Waals surface area contributed by atoms with Gasteiger partial charge in [0.15, 0.2) is 0 Å². The van der Waals surface area contributed by atoms with Crippen LogP contribution in [0.25, 0.3) is 10.2 Å². The first-order valence-electron chi connectivity index (χ1n) is 8.39. The number of thiazole rings is 1. The first-order valence-corrected chi connectivity index (χ1v) is 9.27. The van der Waals surface area contributed by atoms with Gasteiger partial charge in [-0.25, -0.2) is 4.98 Å². The highest BCUT2D eigenvalue weighted by molar-refractivity contribution is 7.16. The highest BCUT2D eigenvalue weighted by Crippen LogP contribution is 2.43. The molecule has 1 aromatic carbocycles. The Bertz CT molecular complexity index is 762. The Labute approximate surface area is 145 Å². The van der Waals surface area contributed by atoms with E-state index in [4.69, 9.17) is 9.47 Å². The van der Waals surface area contributed by atoms with E-state index in [9.17, 15) is 4.79 Å². The summed E-state index contributed by atoms with van der Waals surface area (Å²) in [6, 6.07) is 5.88. The zero-order valence-electron chi connectivity index (χ0n) is 14.0. The Hall–Kier alpha value is -1.50. The van der Waals surface area contributed by atoms with Crippen molar-refractivity contribution in [2.75, 3.05) is 20.8 Å². The van der Waals surface area contributed by atoms with Crippen molar-refractivity contribution in [3.63, 3.8) is 0 Å². The topological polar surface area (TPSA) is 51.7 Å². The molecule has 1 amide bonds. The van der Waals surface area contributed by atoms with E-state index in [1.54, 1.807) is 25.6 Å². The van der Waals surface area contributed by atoms with E-state index in [1.165, 1.54) is 0 Å². The minimum Gasteiger partial charge on any atom is -0.381 e. The van der Waals surface area contributed by atoms with Crippen molar-refractivity contribution in [3.8, 4) is 0 Å². The van der Waals surface area contributed by atoms with Gasteiger partial charge in [-0.3, -0.25) is 4.79 Å². The minimum atomic E-state index is -0.213. The van der Waals surface area contributed by atoms with Crippen molar-refractivity contribution in [3.05, 3.63) is 29.3 Å². The number of fused-ring (bicyclic) bond motifs is 2. The number of carbonyl (C=O) groups excluding carboxylic acids is 1. The maximum Gasteiger partial charge on any atom is 0.254 e. The smallest absolute Gasteiger partial charge is 0.254 e. The quantitative estimate of drug-likeness (QED) is 0.857. The molecule has 2 aliphatic rings. The number of aromatic nitrogens is 1. The number of nitrogens with zero attached hydrogens (tertiary/aromatic N) is 2. The van der Waals surface area contributed by atoms with E-state index in [2.05, 4.69) is 4.98 Å². The lowest BCUT2D eigenvalue weighted by atomic mass is 9.79. The molecule has 2 aromatic rings. The Kier molecular flexibility index (Phi) is 4.06. The highest BCUT2D eigenvalue weighted by atomic mass is 32.1. The first-order chi connectivity index (χ1) is 11.7. The Morgan fingerprint density at radius 2 is 2.25 bits per heavy atom. The maximum absolute atomic E-state index is 13.1. The van der Waals surface area contributed by atoms with Crippen molar-refractivity contribution < 1.29 is 14.3 Å². The third-order valence-electron chi connectivity index (χ3n) is 5.71. The van der Waals surface area contributed by atoms with Crippen LogP contribution in [-0.2, 0) is 9.47 Å². The molecule has 5 nitrogen and oxygen atoms in total. The zero-order valence-corrected chi connectivity index (χ0v) is 14.8. The molecule has 0 N–H and O–H groups in total. The van der Waals surface area contributed by atoms with E-state index in [1.807, 2.05) is 28.6 Å². The fourth-order valence-corrected chi connectivity index (χ4v) is 4.93. The molecular formula is C18H22N2O3S. The summed E-state index contributed by atoms with van der Waals surface area (Å²) in [5, 5.41) is 0. The summed E-state index contributed by atoms with van der Waals surface area (Å²) in [5.41, 5.74) is 3.20. The van der Waals surface area contributed by atoms with Crippen LogP contribution in [-0.4, -0.2) is 54.3 Å². The molecule has 128 valence electrons. The van der Waals surface area contributed by atoms with Gasteiger partial charge in [0.05, 0.1) is 33.5 Å². The Morgan fingerprint density at radius 3 is 3.04 bits per heavy atom. The van der Waals surface area contributed by atoms with Crippen LogP contribution in [0.4, 0.5) is 0 Å². The van der Waals surface area contributed by atoms with Crippen LogP contribution < -0.4 is 0 Å². The van der Waals surface area contributed by atoms with Crippen molar-refractivity contribution in [1.82, 2.24) is 9.88 Å². The van der Waals surface area contributed by atoms with Gasteiger partial charge in [-0.15, -0.1) is 11.3 Å². The van der Waals surface area contributed by atoms with Gasteiger partial charge in [0.1, 0.15) is 0 Å². The SMILES string of the molecule is CO[C@H]1CC[C@@]2(OC)CCN(C(=O)c3ccc4scnc4c3)[C@H]2C1. The van der Waals surface area contributed by atoms with Gasteiger partial charge in [0.25, 0.3) is 5.91 Å². The summed E-state index contributed by atoms with van der Waals surface area (Å²) in [6.45, 7) is 0.739. The summed E-state index contributed by atoms with van der Waals surface area (Å²) in [4.78, 5) is 19.4. The molecule has 6 heteroatoms. The summed E-state index contributed by atoms with van der Waals surface area (Å²) in [6.07, 6.45) is 3.88. The van der Waals surface area contributed by atoms with Gasteiger partial charge >= 0.3 is 0 Å². The zero-order chi connectivity index (χ0) is 16.7. The first kappa shape index (κ1) is 16.0. The number of likely N-dealkylation sites (tertiary alicyclic amines) is 1. The van der Waals surface area contributed by atoms with Crippen molar-refractivity contribution >= 4 is 27.5 Å². The molecule has 0 radical (unpaired) electrons. The number of rotatable bonds is 3. The van der Waals surface area contributed by atoms with E-state index in [0.29, 0.717) is 5.56 Å². The summed E-state index contributed by atoms with van der Waals surface area (Å²) < 4.78 is 12.6. The molecule has 1 aliphatic carbocycles. The van der Waals surface area contributed by atoms with Gasteiger partial charge < -0.3 is 14.4 Å². The van der Waals surface area contributed by atoms with E-state index >= 15 is 0 Å². The highest BCUT2D eigenvalue weighted by Gasteiger charge is 2.52. The largest absolute Gasteiger partial charge is 0.381 e. The number of methoxy groups -OCH3 is 2. The average Bonchev–Trinajstić information content (AvgIpc) is 3.24. The molecule has 1 aromatic heterocycles. The van der Waals surface area contributed by atoms with Crippen molar-refractivity contribution in [1.29, 1.82) is 0 Å². The third kappa shape index (κ3) is 2.44. The monoisotopic (exact) mass is 346 g/mol. The van der Waals surface area contributed by atoms with Gasteiger partial charge in [-0.2, -0.15) is 0 Å². The lowest BCUT2D eigenvalue weighted by molar-refractivity contribution is -0.0893. The second kappa shape index (κ2) is 6.10. The Morgan fingerprint density at radius 1 is 1.38 bits per heavy atom. The predicted molar refractivity (Wildman–Crippen MR) is 93.4 cm³/mol. The summed E-state index contributed by atoms with van der Waals surface area (Å²) in [5.74, 6) is 0.0746. The fraction of sp³-hybridized carbons (Fsp3) is 0.556. The minimum absolute atomic E-state index is 0.0746.